The molecule has 4 rings (SSSR count). The first-order valence-electron chi connectivity index (χ1n) is 15.9. The number of aliphatic hydroxyl groups is 2. The highest BCUT2D eigenvalue weighted by Crippen LogP contribution is 2.36. The smallest absolute Gasteiger partial charge is 0.416 e. The topological polar surface area (TPSA) is 131 Å². The van der Waals surface area contributed by atoms with Gasteiger partial charge in [-0.05, 0) is 83.6 Å². The van der Waals surface area contributed by atoms with E-state index >= 15 is 0 Å². The molecule has 0 saturated heterocycles. The molecule has 14 heteroatoms. The maximum Gasteiger partial charge on any atom is 0.416 e. The summed E-state index contributed by atoms with van der Waals surface area (Å²) in [6, 6.07) is 19.2. The molecule has 8 nitrogen and oxygen atoms in total. The van der Waals surface area contributed by atoms with Crippen molar-refractivity contribution in [3.05, 3.63) is 135 Å². The van der Waals surface area contributed by atoms with Crippen LogP contribution >= 0.6 is 0 Å². The molecule has 0 bridgehead atoms. The Morgan fingerprint density at radius 2 is 1.37 bits per heavy atom. The van der Waals surface area contributed by atoms with Gasteiger partial charge in [-0.15, -0.1) is 0 Å². The summed E-state index contributed by atoms with van der Waals surface area (Å²) in [7, 11) is 0. The maximum atomic E-state index is 13.1. The fourth-order valence-electron chi connectivity index (χ4n) is 5.29. The van der Waals surface area contributed by atoms with E-state index in [1.54, 1.807) is 24.3 Å². The second kappa shape index (κ2) is 16.9. The van der Waals surface area contributed by atoms with Crippen molar-refractivity contribution < 1.29 is 51.3 Å². The number of alkyl halides is 6. The number of amides is 2. The summed E-state index contributed by atoms with van der Waals surface area (Å²) in [6.07, 6.45) is -10.1. The number of rotatable bonds is 14. The van der Waals surface area contributed by atoms with Crippen LogP contribution in [0, 0.1) is 0 Å². The maximum absolute atomic E-state index is 13.1. The van der Waals surface area contributed by atoms with Crippen LogP contribution in [-0.2, 0) is 49.7 Å². The molecule has 0 heterocycles. The summed E-state index contributed by atoms with van der Waals surface area (Å²) >= 11 is 0. The number of hydrogen-bond donors (Lipinski definition) is 6. The molecule has 0 aliphatic rings. The minimum Gasteiger partial charge on any atom is -0.508 e. The molecule has 0 aliphatic carbocycles. The summed E-state index contributed by atoms with van der Waals surface area (Å²) in [5, 5.41) is 38.0. The molecular formula is C37H37F6N3O5. The molecule has 0 aromatic heterocycles. The van der Waals surface area contributed by atoms with Crippen LogP contribution in [0.5, 0.6) is 5.75 Å². The molecule has 2 atom stereocenters. The van der Waals surface area contributed by atoms with Gasteiger partial charge in [0.05, 0.1) is 30.3 Å². The Morgan fingerprint density at radius 1 is 0.745 bits per heavy atom. The van der Waals surface area contributed by atoms with Crippen LogP contribution < -0.4 is 16.0 Å². The van der Waals surface area contributed by atoms with Gasteiger partial charge in [0.1, 0.15) is 5.75 Å². The zero-order valence-corrected chi connectivity index (χ0v) is 27.4. The quantitative estimate of drug-likeness (QED) is 0.0893. The van der Waals surface area contributed by atoms with Crippen LogP contribution in [0.25, 0.3) is 0 Å². The summed E-state index contributed by atoms with van der Waals surface area (Å²) in [6.45, 7) is 1.45. The Kier molecular flexibility index (Phi) is 12.9. The van der Waals surface area contributed by atoms with E-state index in [-0.39, 0.29) is 61.0 Å². The first-order valence-corrected chi connectivity index (χ1v) is 15.9. The Bertz CT molecular complexity index is 1780. The van der Waals surface area contributed by atoms with Crippen molar-refractivity contribution in [2.75, 3.05) is 6.54 Å². The van der Waals surface area contributed by atoms with E-state index in [0.717, 1.165) is 11.1 Å². The minimum atomic E-state index is -5.00. The van der Waals surface area contributed by atoms with Crippen LogP contribution in [-0.4, -0.2) is 39.7 Å². The minimum absolute atomic E-state index is 0.0207. The Balaban J connectivity index is 1.23. The number of phenols is 1. The lowest BCUT2D eigenvalue weighted by atomic mass is 10.0. The molecule has 272 valence electrons. The Labute approximate surface area is 290 Å². The lowest BCUT2D eigenvalue weighted by Gasteiger charge is -2.18. The van der Waals surface area contributed by atoms with Gasteiger partial charge < -0.3 is 31.3 Å². The zero-order valence-electron chi connectivity index (χ0n) is 27.4. The van der Waals surface area contributed by atoms with Gasteiger partial charge in [0, 0.05) is 36.8 Å². The zero-order chi connectivity index (χ0) is 37.3. The Morgan fingerprint density at radius 3 is 2.00 bits per heavy atom. The lowest BCUT2D eigenvalue weighted by Crippen LogP contribution is -2.32. The fourth-order valence-corrected chi connectivity index (χ4v) is 5.29. The molecule has 2 amide bonds. The lowest BCUT2D eigenvalue weighted by molar-refractivity contribution is -0.143. The summed E-state index contributed by atoms with van der Waals surface area (Å²) < 4.78 is 78.8. The molecule has 4 aromatic rings. The highest BCUT2D eigenvalue weighted by molar-refractivity contribution is 5.94. The third-order valence-electron chi connectivity index (χ3n) is 8.02. The number of aromatic hydroxyl groups is 1. The predicted molar refractivity (Wildman–Crippen MR) is 176 cm³/mol. The Hall–Kier alpha value is -4.92. The van der Waals surface area contributed by atoms with Crippen molar-refractivity contribution >= 4 is 11.8 Å². The van der Waals surface area contributed by atoms with Gasteiger partial charge in [0.15, 0.2) is 0 Å². The second-order valence-corrected chi connectivity index (χ2v) is 12.1. The monoisotopic (exact) mass is 717 g/mol. The predicted octanol–water partition coefficient (Wildman–Crippen LogP) is 5.97. The van der Waals surface area contributed by atoms with Gasteiger partial charge in [-0.3, -0.25) is 9.59 Å². The molecule has 0 unspecified atom stereocenters. The molecule has 0 aliphatic heterocycles. The van der Waals surface area contributed by atoms with Crippen molar-refractivity contribution in [1.82, 2.24) is 16.0 Å². The van der Waals surface area contributed by atoms with E-state index < -0.39 is 42.0 Å². The van der Waals surface area contributed by atoms with Crippen molar-refractivity contribution in [2.24, 2.45) is 0 Å². The highest BCUT2D eigenvalue weighted by atomic mass is 19.4. The molecule has 6 N–H and O–H groups in total. The average Bonchev–Trinajstić information content (AvgIpc) is 3.08. The normalized spacial score (nSPS) is 13.0. The van der Waals surface area contributed by atoms with E-state index in [1.165, 1.54) is 18.2 Å². The van der Waals surface area contributed by atoms with Gasteiger partial charge in [-0.25, -0.2) is 0 Å². The van der Waals surface area contributed by atoms with Crippen LogP contribution in [0.3, 0.4) is 0 Å². The van der Waals surface area contributed by atoms with Crippen molar-refractivity contribution in [3.8, 4) is 5.75 Å². The second-order valence-electron chi connectivity index (χ2n) is 12.1. The number of hydrogen-bond acceptors (Lipinski definition) is 6. The van der Waals surface area contributed by atoms with E-state index in [2.05, 4.69) is 16.0 Å². The molecule has 0 saturated carbocycles. The number of carbonyl (C=O) groups is 2. The number of nitrogens with one attached hydrogen (secondary N) is 3. The van der Waals surface area contributed by atoms with Crippen molar-refractivity contribution in [1.29, 1.82) is 0 Å². The van der Waals surface area contributed by atoms with E-state index in [9.17, 15) is 51.3 Å². The molecule has 51 heavy (non-hydrogen) atoms. The summed E-state index contributed by atoms with van der Waals surface area (Å²) in [5.74, 6) is -0.997. The van der Waals surface area contributed by atoms with E-state index in [0.29, 0.717) is 35.2 Å². The first kappa shape index (κ1) is 38.9. The number of aliphatic hydroxyl groups excluding tert-OH is 2. The number of carbonyl (C=O) groups excluding carboxylic acids is 2. The third-order valence-corrected chi connectivity index (χ3v) is 8.02. The van der Waals surface area contributed by atoms with Crippen LogP contribution in [0.15, 0.2) is 84.9 Å². The average molecular weight is 718 g/mol. The van der Waals surface area contributed by atoms with Gasteiger partial charge in [-0.2, -0.15) is 26.3 Å². The largest absolute Gasteiger partial charge is 0.508 e. The van der Waals surface area contributed by atoms with Gasteiger partial charge in [-0.1, -0.05) is 42.5 Å². The van der Waals surface area contributed by atoms with E-state index in [1.807, 2.05) is 31.2 Å². The summed E-state index contributed by atoms with van der Waals surface area (Å²) in [4.78, 5) is 25.2. The van der Waals surface area contributed by atoms with E-state index in [4.69, 9.17) is 0 Å². The van der Waals surface area contributed by atoms with Gasteiger partial charge in [0.25, 0.3) is 5.91 Å². The van der Waals surface area contributed by atoms with Crippen LogP contribution in [0.2, 0.25) is 0 Å². The molecule has 0 radical (unpaired) electrons. The van der Waals surface area contributed by atoms with Gasteiger partial charge >= 0.3 is 12.4 Å². The van der Waals surface area contributed by atoms with Crippen LogP contribution in [0.1, 0.15) is 67.9 Å². The third kappa shape index (κ3) is 11.6. The highest BCUT2D eigenvalue weighted by Gasteiger charge is 2.36. The number of halogens is 6. The SMILES string of the molecule is C[C@H](Cc1cccc(CC(=O)NCc2ccc(C(=O)NCc3cc(C(F)(F)F)cc(C(F)(F)F)c3)cc2)c1)NC[C@@H](O)c1ccc(O)c(CO)c1. The number of benzene rings is 4. The molecule has 4 aromatic carbocycles. The fraction of sp³-hybridized carbons (Fsp3) is 0.297. The first-order chi connectivity index (χ1) is 24.0. The standard InChI is InChI=1S/C37H37F6N3O5/c1-22(44-20-33(49)28-9-10-32(48)29(16-28)21-47)11-24-3-2-4-25(12-24)15-34(50)45-18-23-5-7-27(8-6-23)35(51)46-19-26-13-30(36(38,39)40)17-31(14-26)37(41,42)43/h2-10,12-14,16-17,22,33,44,47-49H,11,15,18-21H2,1H3,(H,45,50)(H,46,51)/t22-,33-/m1/s1. The summed E-state index contributed by atoms with van der Waals surface area (Å²) in [5.41, 5.74) is 0.133. The van der Waals surface area contributed by atoms with Crippen molar-refractivity contribution in [2.45, 2.75) is 64.0 Å². The van der Waals surface area contributed by atoms with Gasteiger partial charge in [0.2, 0.25) is 5.91 Å². The molecular weight excluding hydrogens is 680 g/mol. The molecule has 0 fully saturated rings. The molecule has 0 spiro atoms. The van der Waals surface area contributed by atoms with Crippen LogP contribution in [0.4, 0.5) is 26.3 Å². The van der Waals surface area contributed by atoms with Crippen molar-refractivity contribution in [3.63, 3.8) is 0 Å².